The third kappa shape index (κ3) is 3.46. The van der Waals surface area contributed by atoms with Gasteiger partial charge < -0.3 is 14.9 Å². The summed E-state index contributed by atoms with van der Waals surface area (Å²) in [5.74, 6) is -2.53. The van der Waals surface area contributed by atoms with Crippen LogP contribution in [0.25, 0.3) is 0 Å². The lowest BCUT2D eigenvalue weighted by molar-refractivity contribution is 0.0688. The zero-order chi connectivity index (χ0) is 13.7. The molecule has 0 aliphatic rings. The van der Waals surface area contributed by atoms with Crippen molar-refractivity contribution in [2.24, 2.45) is 0 Å². The van der Waals surface area contributed by atoms with Crippen molar-refractivity contribution in [3.8, 4) is 5.75 Å². The lowest BCUT2D eigenvalue weighted by atomic mass is 10.1. The number of carboxylic acid groups (broad SMARTS) is 2. The second-order valence-electron chi connectivity index (χ2n) is 3.64. The first-order valence-electron chi connectivity index (χ1n) is 5.40. The molecule has 0 heterocycles. The van der Waals surface area contributed by atoms with Gasteiger partial charge >= 0.3 is 11.9 Å². The molecule has 1 rings (SSSR count). The van der Waals surface area contributed by atoms with Crippen molar-refractivity contribution in [3.63, 3.8) is 0 Å². The van der Waals surface area contributed by atoms with Gasteiger partial charge in [0, 0.05) is 4.47 Å². The van der Waals surface area contributed by atoms with Crippen LogP contribution in [-0.4, -0.2) is 28.8 Å². The van der Waals surface area contributed by atoms with Crippen LogP contribution in [0.1, 0.15) is 40.5 Å². The van der Waals surface area contributed by atoms with Crippen molar-refractivity contribution >= 4 is 27.9 Å². The molecule has 5 nitrogen and oxygen atoms in total. The Morgan fingerprint density at radius 2 is 1.72 bits per heavy atom. The van der Waals surface area contributed by atoms with Crippen LogP contribution in [0.2, 0.25) is 0 Å². The largest absolute Gasteiger partial charge is 0.492 e. The van der Waals surface area contributed by atoms with E-state index in [1.807, 2.05) is 6.92 Å². The fraction of sp³-hybridized carbons (Fsp3) is 0.333. The lowest BCUT2D eigenvalue weighted by Gasteiger charge is -2.12. The van der Waals surface area contributed by atoms with Crippen LogP contribution in [0.5, 0.6) is 5.75 Å². The maximum Gasteiger partial charge on any atom is 0.339 e. The maximum absolute atomic E-state index is 11.1. The number of carbonyl (C=O) groups is 2. The Hall–Kier alpha value is -1.56. The van der Waals surface area contributed by atoms with Crippen LogP contribution in [0.4, 0.5) is 0 Å². The van der Waals surface area contributed by atoms with E-state index in [1.54, 1.807) is 0 Å². The minimum Gasteiger partial charge on any atom is -0.492 e. The average molecular weight is 317 g/mol. The lowest BCUT2D eigenvalue weighted by Crippen LogP contribution is -2.10. The molecule has 0 aliphatic carbocycles. The zero-order valence-electron chi connectivity index (χ0n) is 9.77. The summed E-state index contributed by atoms with van der Waals surface area (Å²) in [6, 6.07) is 2.66. The van der Waals surface area contributed by atoms with Crippen molar-refractivity contribution in [2.75, 3.05) is 6.61 Å². The summed E-state index contributed by atoms with van der Waals surface area (Å²) < 4.78 is 5.69. The zero-order valence-corrected chi connectivity index (χ0v) is 11.4. The monoisotopic (exact) mass is 316 g/mol. The first-order valence-corrected chi connectivity index (χ1v) is 6.19. The van der Waals surface area contributed by atoms with E-state index in [4.69, 9.17) is 14.9 Å². The summed E-state index contributed by atoms with van der Waals surface area (Å²) in [5.41, 5.74) is -0.309. The van der Waals surface area contributed by atoms with Crippen LogP contribution in [-0.2, 0) is 0 Å². The van der Waals surface area contributed by atoms with Gasteiger partial charge in [0.05, 0.1) is 6.61 Å². The number of benzene rings is 1. The van der Waals surface area contributed by atoms with Crippen molar-refractivity contribution in [1.82, 2.24) is 0 Å². The van der Waals surface area contributed by atoms with Gasteiger partial charge in [0.15, 0.2) is 0 Å². The van der Waals surface area contributed by atoms with E-state index in [9.17, 15) is 9.59 Å². The minimum atomic E-state index is -1.22. The van der Waals surface area contributed by atoms with E-state index in [-0.39, 0.29) is 16.9 Å². The summed E-state index contributed by atoms with van der Waals surface area (Å²) in [7, 11) is 0. The number of rotatable bonds is 6. The Kier molecular flexibility index (Phi) is 5.15. The molecule has 0 saturated heterocycles. The fourth-order valence-corrected chi connectivity index (χ4v) is 1.84. The van der Waals surface area contributed by atoms with E-state index >= 15 is 0 Å². The Morgan fingerprint density at radius 1 is 1.22 bits per heavy atom. The molecule has 0 fully saturated rings. The third-order valence-electron chi connectivity index (χ3n) is 2.26. The van der Waals surface area contributed by atoms with Gasteiger partial charge in [-0.15, -0.1) is 0 Å². The van der Waals surface area contributed by atoms with Crippen LogP contribution in [0, 0.1) is 0 Å². The third-order valence-corrected chi connectivity index (χ3v) is 2.72. The van der Waals surface area contributed by atoms with E-state index in [2.05, 4.69) is 15.9 Å². The van der Waals surface area contributed by atoms with Gasteiger partial charge in [-0.3, -0.25) is 0 Å². The Morgan fingerprint density at radius 3 is 2.11 bits per heavy atom. The summed E-state index contributed by atoms with van der Waals surface area (Å²) in [6.45, 7) is 2.25. The van der Waals surface area contributed by atoms with Crippen molar-refractivity contribution < 1.29 is 24.5 Å². The van der Waals surface area contributed by atoms with Crippen LogP contribution >= 0.6 is 15.9 Å². The van der Waals surface area contributed by atoms with Crippen LogP contribution in [0.3, 0.4) is 0 Å². The normalized spacial score (nSPS) is 10.1. The van der Waals surface area contributed by atoms with E-state index in [0.29, 0.717) is 11.1 Å². The van der Waals surface area contributed by atoms with Gasteiger partial charge in [0.2, 0.25) is 0 Å². The highest BCUT2D eigenvalue weighted by molar-refractivity contribution is 9.10. The molecular formula is C12H13BrO5. The van der Waals surface area contributed by atoms with Gasteiger partial charge in [0.1, 0.15) is 16.9 Å². The predicted octanol–water partition coefficient (Wildman–Crippen LogP) is 3.02. The fourth-order valence-electron chi connectivity index (χ4n) is 1.39. The van der Waals surface area contributed by atoms with Crippen molar-refractivity contribution in [3.05, 3.63) is 27.7 Å². The van der Waals surface area contributed by atoms with E-state index in [0.717, 1.165) is 12.8 Å². The van der Waals surface area contributed by atoms with Crippen LogP contribution in [0.15, 0.2) is 16.6 Å². The molecule has 18 heavy (non-hydrogen) atoms. The minimum absolute atomic E-state index is 0.0911. The van der Waals surface area contributed by atoms with Crippen LogP contribution < -0.4 is 4.74 Å². The predicted molar refractivity (Wildman–Crippen MR) is 68.5 cm³/mol. The Bertz CT molecular complexity index is 435. The summed E-state index contributed by atoms with van der Waals surface area (Å²) in [5, 5.41) is 18.1. The quantitative estimate of drug-likeness (QED) is 0.788. The maximum atomic E-state index is 11.1. The number of aromatic carboxylic acids is 2. The Balaban J connectivity index is 3.23. The molecule has 1 aromatic carbocycles. The summed E-state index contributed by atoms with van der Waals surface area (Å²) >= 11 is 3.08. The van der Waals surface area contributed by atoms with Gasteiger partial charge in [-0.05, 0) is 18.6 Å². The second-order valence-corrected chi connectivity index (χ2v) is 4.56. The topological polar surface area (TPSA) is 83.8 Å². The molecule has 0 bridgehead atoms. The van der Waals surface area contributed by atoms with Crippen molar-refractivity contribution in [2.45, 2.75) is 19.8 Å². The second kappa shape index (κ2) is 6.39. The average Bonchev–Trinajstić information content (AvgIpc) is 2.30. The number of ether oxygens (including phenoxy) is 1. The molecule has 0 aromatic heterocycles. The highest BCUT2D eigenvalue weighted by Gasteiger charge is 2.21. The molecule has 0 saturated carbocycles. The molecule has 0 unspecified atom stereocenters. The number of hydrogen-bond donors (Lipinski definition) is 2. The highest BCUT2D eigenvalue weighted by Crippen LogP contribution is 2.29. The van der Waals surface area contributed by atoms with Crippen molar-refractivity contribution in [1.29, 1.82) is 0 Å². The SMILES string of the molecule is CCCCOc1c(C(=O)O)cc(Br)cc1C(=O)O. The molecule has 0 amide bonds. The first kappa shape index (κ1) is 14.5. The number of hydrogen-bond acceptors (Lipinski definition) is 3. The molecule has 0 spiro atoms. The van der Waals surface area contributed by atoms with Gasteiger partial charge in [-0.25, -0.2) is 9.59 Å². The van der Waals surface area contributed by atoms with Gasteiger partial charge in [-0.1, -0.05) is 29.3 Å². The molecule has 1 aromatic rings. The van der Waals surface area contributed by atoms with Gasteiger partial charge in [-0.2, -0.15) is 0 Å². The molecular weight excluding hydrogens is 304 g/mol. The Labute approximate surface area is 113 Å². The highest BCUT2D eigenvalue weighted by atomic mass is 79.9. The molecule has 98 valence electrons. The molecule has 0 atom stereocenters. The van der Waals surface area contributed by atoms with Gasteiger partial charge in [0.25, 0.3) is 0 Å². The van der Waals surface area contributed by atoms with E-state index in [1.165, 1.54) is 12.1 Å². The molecule has 0 radical (unpaired) electrons. The van der Waals surface area contributed by atoms with E-state index < -0.39 is 11.9 Å². The standard InChI is InChI=1S/C12H13BrO5/c1-2-3-4-18-10-8(11(14)15)5-7(13)6-9(10)12(16)17/h5-6H,2-4H2,1H3,(H,14,15)(H,16,17). The molecule has 0 aliphatic heterocycles. The first-order chi connectivity index (χ1) is 8.47. The molecule has 6 heteroatoms. The number of carboxylic acids is 2. The smallest absolute Gasteiger partial charge is 0.339 e. The molecule has 2 N–H and O–H groups in total. The summed E-state index contributed by atoms with van der Waals surface area (Å²) in [6.07, 6.45) is 1.61. The summed E-state index contributed by atoms with van der Waals surface area (Å²) in [4.78, 5) is 22.2. The number of unbranched alkanes of at least 4 members (excludes halogenated alkanes) is 1. The number of halogens is 1.